The second-order valence-corrected chi connectivity index (χ2v) is 6.00. The van der Waals surface area contributed by atoms with E-state index >= 15 is 0 Å². The van der Waals surface area contributed by atoms with Crippen LogP contribution in [0.2, 0.25) is 0 Å². The Bertz CT molecular complexity index is 615. The highest BCUT2D eigenvalue weighted by atomic mass is 32.1. The number of imidazole rings is 1. The number of aliphatic hydroxyl groups is 1. The van der Waals surface area contributed by atoms with Gasteiger partial charge >= 0.3 is 0 Å². The smallest absolute Gasteiger partial charge is 0.237 e. The molecular weight excluding hydrogens is 276 g/mol. The van der Waals surface area contributed by atoms with Crippen LogP contribution in [0.25, 0.3) is 4.96 Å². The molecule has 108 valence electrons. The van der Waals surface area contributed by atoms with Crippen LogP contribution in [0, 0.1) is 0 Å². The Morgan fingerprint density at radius 1 is 1.55 bits per heavy atom. The van der Waals surface area contributed by atoms with Crippen LogP contribution < -0.4 is 10.6 Å². The molecule has 1 saturated carbocycles. The highest BCUT2D eigenvalue weighted by Crippen LogP contribution is 2.31. The largest absolute Gasteiger partial charge is 0.390 e. The molecule has 0 spiro atoms. The molecule has 0 saturated heterocycles. The molecule has 0 atom stereocenters. The van der Waals surface area contributed by atoms with Gasteiger partial charge in [-0.3, -0.25) is 9.20 Å². The van der Waals surface area contributed by atoms with E-state index in [2.05, 4.69) is 4.98 Å². The van der Waals surface area contributed by atoms with Gasteiger partial charge in [-0.1, -0.05) is 12.8 Å². The first kappa shape index (κ1) is 13.4. The molecule has 0 bridgehead atoms. The number of hydrogen-bond acceptors (Lipinski definition) is 5. The Hall–Kier alpha value is -1.60. The lowest BCUT2D eigenvalue weighted by atomic mass is 10.2. The van der Waals surface area contributed by atoms with Crippen molar-refractivity contribution in [1.82, 2.24) is 9.38 Å². The van der Waals surface area contributed by atoms with Crippen molar-refractivity contribution in [3.05, 3.63) is 17.3 Å². The Kier molecular flexibility index (Phi) is 3.62. The van der Waals surface area contributed by atoms with Crippen LogP contribution in [-0.4, -0.2) is 33.0 Å². The van der Waals surface area contributed by atoms with Gasteiger partial charge in [-0.2, -0.15) is 0 Å². The van der Waals surface area contributed by atoms with Crippen molar-refractivity contribution in [1.29, 1.82) is 0 Å². The third-order valence-electron chi connectivity index (χ3n) is 3.85. The zero-order chi connectivity index (χ0) is 14.1. The van der Waals surface area contributed by atoms with E-state index in [0.717, 1.165) is 36.3 Å². The van der Waals surface area contributed by atoms with Crippen molar-refractivity contribution in [2.75, 3.05) is 11.4 Å². The molecule has 3 N–H and O–H groups in total. The van der Waals surface area contributed by atoms with E-state index < -0.39 is 0 Å². The minimum absolute atomic E-state index is 0.102. The summed E-state index contributed by atoms with van der Waals surface area (Å²) in [5.41, 5.74) is 6.12. The third kappa shape index (κ3) is 2.27. The topological polar surface area (TPSA) is 83.9 Å². The number of aliphatic hydroxyl groups excluding tert-OH is 1. The van der Waals surface area contributed by atoms with Gasteiger partial charge in [0, 0.05) is 17.6 Å². The van der Waals surface area contributed by atoms with Gasteiger partial charge in [0.15, 0.2) is 10.8 Å². The molecule has 0 aliphatic heterocycles. The predicted octanol–water partition coefficient (Wildman–Crippen LogP) is 1.12. The zero-order valence-corrected chi connectivity index (χ0v) is 12.0. The molecule has 0 radical (unpaired) electrons. The maximum Gasteiger partial charge on any atom is 0.237 e. The fourth-order valence-electron chi connectivity index (χ4n) is 2.96. The molecule has 1 amide bonds. The van der Waals surface area contributed by atoms with E-state index in [1.54, 1.807) is 0 Å². The number of aromatic nitrogens is 2. The minimum atomic E-state index is -0.364. The summed E-state index contributed by atoms with van der Waals surface area (Å²) >= 11 is 1.51. The Morgan fingerprint density at radius 3 is 2.95 bits per heavy atom. The molecule has 3 rings (SSSR count). The summed E-state index contributed by atoms with van der Waals surface area (Å²) in [7, 11) is 0. The van der Waals surface area contributed by atoms with Gasteiger partial charge in [-0.15, -0.1) is 11.3 Å². The molecule has 0 unspecified atom stereocenters. The lowest BCUT2D eigenvalue weighted by molar-refractivity contribution is -0.116. The van der Waals surface area contributed by atoms with Crippen molar-refractivity contribution >= 4 is 28.0 Å². The molecule has 0 aromatic carbocycles. The summed E-state index contributed by atoms with van der Waals surface area (Å²) in [4.78, 5) is 18.8. The number of carbonyl (C=O) groups is 1. The van der Waals surface area contributed by atoms with Crippen molar-refractivity contribution in [3.63, 3.8) is 0 Å². The second kappa shape index (κ2) is 5.41. The first-order chi connectivity index (χ1) is 9.70. The van der Waals surface area contributed by atoms with E-state index in [1.165, 1.54) is 11.3 Å². The van der Waals surface area contributed by atoms with Gasteiger partial charge in [0.2, 0.25) is 5.91 Å². The molecule has 2 aromatic heterocycles. The number of carbonyl (C=O) groups excluding carboxylic acids is 1. The maximum absolute atomic E-state index is 11.4. The van der Waals surface area contributed by atoms with Gasteiger partial charge in [0.05, 0.1) is 18.8 Å². The lowest BCUT2D eigenvalue weighted by Crippen LogP contribution is -2.41. The quantitative estimate of drug-likeness (QED) is 0.865. The Morgan fingerprint density at radius 2 is 2.30 bits per heavy atom. The van der Waals surface area contributed by atoms with Crippen LogP contribution in [0.3, 0.4) is 0 Å². The summed E-state index contributed by atoms with van der Waals surface area (Å²) < 4.78 is 1.88. The molecule has 20 heavy (non-hydrogen) atoms. The molecule has 1 fully saturated rings. The molecule has 2 heterocycles. The SMILES string of the molecule is NC(=O)CN(c1nc2sccn2c1CO)C1CCCC1. The predicted molar refractivity (Wildman–Crippen MR) is 77.8 cm³/mol. The number of fused-ring (bicyclic) bond motifs is 1. The summed E-state index contributed by atoms with van der Waals surface area (Å²) in [5.74, 6) is 0.335. The van der Waals surface area contributed by atoms with Crippen LogP contribution in [0.15, 0.2) is 11.6 Å². The van der Waals surface area contributed by atoms with Crippen LogP contribution in [-0.2, 0) is 11.4 Å². The first-order valence-electron chi connectivity index (χ1n) is 6.81. The average molecular weight is 294 g/mol. The fraction of sp³-hybridized carbons (Fsp3) is 0.538. The fourth-order valence-corrected chi connectivity index (χ4v) is 3.69. The van der Waals surface area contributed by atoms with Crippen LogP contribution >= 0.6 is 11.3 Å². The molecule has 2 aromatic rings. The van der Waals surface area contributed by atoms with Gasteiger partial charge in [-0.05, 0) is 12.8 Å². The number of hydrogen-bond donors (Lipinski definition) is 2. The standard InChI is InChI=1S/C13H18N4O2S/c14-11(19)7-17(9-3-1-2-4-9)12-10(8-18)16-5-6-20-13(16)15-12/h5-6,9,18H,1-4,7-8H2,(H2,14,19). The van der Waals surface area contributed by atoms with E-state index in [0.29, 0.717) is 5.82 Å². The summed E-state index contributed by atoms with van der Waals surface area (Å²) in [6.45, 7) is 0.0533. The van der Waals surface area contributed by atoms with Crippen molar-refractivity contribution in [3.8, 4) is 0 Å². The zero-order valence-electron chi connectivity index (χ0n) is 11.2. The van der Waals surface area contributed by atoms with Gasteiger partial charge < -0.3 is 15.7 Å². The van der Waals surface area contributed by atoms with E-state index in [1.807, 2.05) is 20.9 Å². The number of amides is 1. The van der Waals surface area contributed by atoms with E-state index in [4.69, 9.17) is 5.73 Å². The average Bonchev–Trinajstić information content (AvgIpc) is 3.11. The lowest BCUT2D eigenvalue weighted by Gasteiger charge is -2.28. The van der Waals surface area contributed by atoms with Gasteiger partial charge in [0.25, 0.3) is 0 Å². The monoisotopic (exact) mass is 294 g/mol. The number of nitrogens with two attached hydrogens (primary N) is 1. The molecular formula is C13H18N4O2S. The van der Waals surface area contributed by atoms with Crippen molar-refractivity contribution in [2.24, 2.45) is 5.73 Å². The maximum atomic E-state index is 11.4. The first-order valence-corrected chi connectivity index (χ1v) is 7.69. The number of anilines is 1. The number of nitrogens with zero attached hydrogens (tertiary/aromatic N) is 3. The van der Waals surface area contributed by atoms with E-state index in [-0.39, 0.29) is 25.1 Å². The van der Waals surface area contributed by atoms with Crippen LogP contribution in [0.1, 0.15) is 31.4 Å². The molecule has 1 aliphatic carbocycles. The minimum Gasteiger partial charge on any atom is -0.390 e. The highest BCUT2D eigenvalue weighted by Gasteiger charge is 2.28. The van der Waals surface area contributed by atoms with E-state index in [9.17, 15) is 9.90 Å². The van der Waals surface area contributed by atoms with Crippen LogP contribution in [0.4, 0.5) is 5.82 Å². The van der Waals surface area contributed by atoms with Crippen molar-refractivity contribution in [2.45, 2.75) is 38.3 Å². The molecule has 1 aliphatic rings. The number of rotatable bonds is 5. The second-order valence-electron chi connectivity index (χ2n) is 5.13. The summed E-state index contributed by atoms with van der Waals surface area (Å²) in [6, 6.07) is 0.289. The summed E-state index contributed by atoms with van der Waals surface area (Å²) in [5, 5.41) is 11.6. The molecule has 6 nitrogen and oxygen atoms in total. The van der Waals surface area contributed by atoms with Crippen molar-refractivity contribution < 1.29 is 9.90 Å². The van der Waals surface area contributed by atoms with Gasteiger partial charge in [0.1, 0.15) is 0 Å². The number of thiazole rings is 1. The third-order valence-corrected chi connectivity index (χ3v) is 4.61. The van der Waals surface area contributed by atoms with Gasteiger partial charge in [-0.25, -0.2) is 4.98 Å². The summed E-state index contributed by atoms with van der Waals surface area (Å²) in [6.07, 6.45) is 6.30. The van der Waals surface area contributed by atoms with Crippen LogP contribution in [0.5, 0.6) is 0 Å². The Balaban J connectivity index is 2.02. The molecule has 7 heteroatoms. The highest BCUT2D eigenvalue weighted by molar-refractivity contribution is 7.15. The Labute approximate surface area is 120 Å². The number of primary amides is 1. The normalized spacial score (nSPS) is 16.1.